The minimum atomic E-state index is 0.142. The molecule has 0 atom stereocenters. The SMILES string of the molecule is CCN(CCOC)C(=O)CCc1[nH]nc2ccnc(NC3CCCCC3)c12. The van der Waals surface area contributed by atoms with Crippen LogP contribution in [0.5, 0.6) is 0 Å². The van der Waals surface area contributed by atoms with E-state index in [9.17, 15) is 4.79 Å². The van der Waals surface area contributed by atoms with Crippen molar-refractivity contribution in [3.05, 3.63) is 18.0 Å². The molecule has 0 unspecified atom stereocenters. The number of rotatable bonds is 9. The molecule has 1 aliphatic rings. The molecule has 0 aromatic carbocycles. The number of aromatic amines is 1. The second kappa shape index (κ2) is 9.69. The van der Waals surface area contributed by atoms with E-state index in [0.717, 1.165) is 22.4 Å². The van der Waals surface area contributed by atoms with Gasteiger partial charge in [0.15, 0.2) is 0 Å². The Labute approximate surface area is 160 Å². The zero-order chi connectivity index (χ0) is 19.1. The number of nitrogens with one attached hydrogen (secondary N) is 2. The van der Waals surface area contributed by atoms with Crippen molar-refractivity contribution in [2.75, 3.05) is 32.1 Å². The van der Waals surface area contributed by atoms with Crippen molar-refractivity contribution in [1.82, 2.24) is 20.1 Å². The van der Waals surface area contributed by atoms with Crippen LogP contribution in [0.1, 0.15) is 51.1 Å². The predicted molar refractivity (Wildman–Crippen MR) is 107 cm³/mol. The number of H-pyrrole nitrogens is 1. The van der Waals surface area contributed by atoms with Crippen LogP contribution >= 0.6 is 0 Å². The molecule has 148 valence electrons. The number of aromatic nitrogens is 3. The van der Waals surface area contributed by atoms with Crippen molar-refractivity contribution in [2.24, 2.45) is 0 Å². The Hall–Kier alpha value is -2.15. The molecule has 1 fully saturated rings. The monoisotopic (exact) mass is 373 g/mol. The predicted octanol–water partition coefficient (Wildman–Crippen LogP) is 3.13. The van der Waals surface area contributed by atoms with Gasteiger partial charge in [-0.1, -0.05) is 19.3 Å². The number of ether oxygens (including phenoxy) is 1. The molecule has 0 radical (unpaired) electrons. The maximum Gasteiger partial charge on any atom is 0.223 e. The van der Waals surface area contributed by atoms with Crippen LogP contribution < -0.4 is 5.32 Å². The van der Waals surface area contributed by atoms with Gasteiger partial charge in [0.1, 0.15) is 5.82 Å². The van der Waals surface area contributed by atoms with Crippen molar-refractivity contribution in [3.63, 3.8) is 0 Å². The van der Waals surface area contributed by atoms with E-state index < -0.39 is 0 Å². The number of carbonyl (C=O) groups is 1. The van der Waals surface area contributed by atoms with Gasteiger partial charge in [-0.05, 0) is 32.3 Å². The number of anilines is 1. The van der Waals surface area contributed by atoms with Crippen molar-refractivity contribution in [2.45, 2.75) is 57.9 Å². The molecule has 0 aliphatic heterocycles. The van der Waals surface area contributed by atoms with E-state index in [1.54, 1.807) is 13.3 Å². The standard InChI is InChI=1S/C20H31N5O2/c1-3-25(13-14-27-2)18(26)10-9-16-19-17(24-23-16)11-12-21-20(19)22-15-7-5-4-6-8-15/h11-12,15H,3-10,13-14H2,1-2H3,(H,21,22)(H,23,24). The molecule has 3 rings (SSSR count). The third-order valence-electron chi connectivity index (χ3n) is 5.38. The number of carbonyl (C=O) groups excluding carboxylic acids is 1. The summed E-state index contributed by atoms with van der Waals surface area (Å²) in [5.41, 5.74) is 1.88. The molecular formula is C20H31N5O2. The maximum atomic E-state index is 12.5. The molecule has 2 heterocycles. The van der Waals surface area contributed by atoms with Crippen LogP contribution in [0, 0.1) is 0 Å². The van der Waals surface area contributed by atoms with E-state index in [1.165, 1.54) is 32.1 Å². The highest BCUT2D eigenvalue weighted by Gasteiger charge is 2.18. The van der Waals surface area contributed by atoms with Gasteiger partial charge in [0, 0.05) is 44.6 Å². The highest BCUT2D eigenvalue weighted by Crippen LogP contribution is 2.27. The summed E-state index contributed by atoms with van der Waals surface area (Å²) in [5, 5.41) is 12.2. The fourth-order valence-corrected chi connectivity index (χ4v) is 3.81. The number of pyridine rings is 1. The molecule has 27 heavy (non-hydrogen) atoms. The van der Waals surface area contributed by atoms with Gasteiger partial charge in [-0.2, -0.15) is 5.10 Å². The van der Waals surface area contributed by atoms with E-state index in [-0.39, 0.29) is 5.91 Å². The summed E-state index contributed by atoms with van der Waals surface area (Å²) in [6.07, 6.45) is 9.13. The Morgan fingerprint density at radius 2 is 2.19 bits per heavy atom. The molecular weight excluding hydrogens is 342 g/mol. The largest absolute Gasteiger partial charge is 0.383 e. The average molecular weight is 374 g/mol. The first-order valence-corrected chi connectivity index (χ1v) is 10.1. The number of nitrogens with zero attached hydrogens (tertiary/aromatic N) is 3. The van der Waals surface area contributed by atoms with Crippen LogP contribution in [0.4, 0.5) is 5.82 Å². The Kier molecular flexibility index (Phi) is 7.04. The third-order valence-corrected chi connectivity index (χ3v) is 5.38. The molecule has 2 aromatic rings. The number of methoxy groups -OCH3 is 1. The van der Waals surface area contributed by atoms with Gasteiger partial charge in [0.05, 0.1) is 17.5 Å². The molecule has 0 bridgehead atoms. The van der Waals surface area contributed by atoms with Crippen LogP contribution in [0.15, 0.2) is 12.3 Å². The van der Waals surface area contributed by atoms with Crippen molar-refractivity contribution < 1.29 is 9.53 Å². The Balaban J connectivity index is 1.70. The van der Waals surface area contributed by atoms with Crippen LogP contribution in [0.25, 0.3) is 10.9 Å². The van der Waals surface area contributed by atoms with Crippen LogP contribution in [-0.4, -0.2) is 58.8 Å². The van der Waals surface area contributed by atoms with E-state index in [0.29, 0.717) is 38.6 Å². The minimum Gasteiger partial charge on any atom is -0.383 e. The average Bonchev–Trinajstić information content (AvgIpc) is 3.12. The second-order valence-corrected chi connectivity index (χ2v) is 7.20. The molecule has 2 aromatic heterocycles. The van der Waals surface area contributed by atoms with Gasteiger partial charge in [-0.15, -0.1) is 0 Å². The first-order chi connectivity index (χ1) is 13.2. The van der Waals surface area contributed by atoms with Crippen LogP contribution in [-0.2, 0) is 16.0 Å². The first kappa shape index (κ1) is 19.6. The summed E-state index contributed by atoms with van der Waals surface area (Å²) in [5.74, 6) is 1.03. The smallest absolute Gasteiger partial charge is 0.223 e. The Morgan fingerprint density at radius 1 is 1.37 bits per heavy atom. The minimum absolute atomic E-state index is 0.142. The third kappa shape index (κ3) is 4.97. The van der Waals surface area contributed by atoms with Gasteiger partial charge >= 0.3 is 0 Å². The second-order valence-electron chi connectivity index (χ2n) is 7.20. The van der Waals surface area contributed by atoms with E-state index in [2.05, 4.69) is 20.5 Å². The highest BCUT2D eigenvalue weighted by molar-refractivity contribution is 5.92. The van der Waals surface area contributed by atoms with Crippen LogP contribution in [0.3, 0.4) is 0 Å². The Bertz CT molecular complexity index is 739. The molecule has 0 spiro atoms. The van der Waals surface area contributed by atoms with E-state index in [1.807, 2.05) is 17.9 Å². The van der Waals surface area contributed by atoms with Gasteiger partial charge in [0.2, 0.25) is 5.91 Å². The van der Waals surface area contributed by atoms with Gasteiger partial charge in [0.25, 0.3) is 0 Å². The summed E-state index contributed by atoms with van der Waals surface area (Å²) >= 11 is 0. The number of hydrogen-bond donors (Lipinski definition) is 2. The molecule has 2 N–H and O–H groups in total. The Morgan fingerprint density at radius 3 is 2.93 bits per heavy atom. The summed E-state index contributed by atoms with van der Waals surface area (Å²) in [7, 11) is 1.66. The number of fused-ring (bicyclic) bond motifs is 1. The molecule has 7 nitrogen and oxygen atoms in total. The topological polar surface area (TPSA) is 83.1 Å². The lowest BCUT2D eigenvalue weighted by Crippen LogP contribution is -2.33. The van der Waals surface area contributed by atoms with Gasteiger partial charge in [-0.3, -0.25) is 9.89 Å². The van der Waals surface area contributed by atoms with E-state index >= 15 is 0 Å². The lowest BCUT2D eigenvalue weighted by atomic mass is 9.95. The van der Waals surface area contributed by atoms with E-state index in [4.69, 9.17) is 4.74 Å². The first-order valence-electron chi connectivity index (χ1n) is 10.1. The zero-order valence-electron chi connectivity index (χ0n) is 16.5. The van der Waals surface area contributed by atoms with Gasteiger partial charge in [-0.25, -0.2) is 4.98 Å². The summed E-state index contributed by atoms with van der Waals surface area (Å²) in [6.45, 7) is 3.88. The number of amides is 1. The molecule has 1 aliphatic carbocycles. The van der Waals surface area contributed by atoms with Crippen molar-refractivity contribution in [1.29, 1.82) is 0 Å². The quantitative estimate of drug-likeness (QED) is 0.706. The lowest BCUT2D eigenvalue weighted by Gasteiger charge is -2.23. The van der Waals surface area contributed by atoms with Crippen LogP contribution in [0.2, 0.25) is 0 Å². The fourth-order valence-electron chi connectivity index (χ4n) is 3.81. The molecule has 7 heteroatoms. The molecule has 0 saturated heterocycles. The maximum absolute atomic E-state index is 12.5. The lowest BCUT2D eigenvalue weighted by molar-refractivity contribution is -0.131. The fraction of sp³-hybridized carbons (Fsp3) is 0.650. The van der Waals surface area contributed by atoms with Crippen molar-refractivity contribution >= 4 is 22.6 Å². The summed E-state index contributed by atoms with van der Waals surface area (Å²) in [4.78, 5) is 18.9. The number of aryl methyl sites for hydroxylation is 1. The number of likely N-dealkylation sites (N-methyl/N-ethyl adjacent to an activating group) is 1. The molecule has 1 saturated carbocycles. The van der Waals surface area contributed by atoms with Crippen molar-refractivity contribution in [3.8, 4) is 0 Å². The summed E-state index contributed by atoms with van der Waals surface area (Å²) in [6, 6.07) is 2.39. The summed E-state index contributed by atoms with van der Waals surface area (Å²) < 4.78 is 5.09. The highest BCUT2D eigenvalue weighted by atomic mass is 16.5. The van der Waals surface area contributed by atoms with Gasteiger partial charge < -0.3 is 15.0 Å². The zero-order valence-corrected chi connectivity index (χ0v) is 16.5. The number of hydrogen-bond acceptors (Lipinski definition) is 5. The molecule has 1 amide bonds. The normalized spacial score (nSPS) is 15.2.